The second-order valence-corrected chi connectivity index (χ2v) is 4.47. The van der Waals surface area contributed by atoms with Gasteiger partial charge in [-0.3, -0.25) is 0 Å². The van der Waals surface area contributed by atoms with Gasteiger partial charge in [0.05, 0.1) is 18.3 Å². The molecule has 1 aliphatic heterocycles. The van der Waals surface area contributed by atoms with Crippen LogP contribution in [0.2, 0.25) is 0 Å². The van der Waals surface area contributed by atoms with Gasteiger partial charge < -0.3 is 14.8 Å². The summed E-state index contributed by atoms with van der Waals surface area (Å²) in [6, 6.07) is 0. The molecule has 1 aliphatic carbocycles. The first-order valence-electron chi connectivity index (χ1n) is 5.75. The van der Waals surface area contributed by atoms with Crippen molar-refractivity contribution in [2.24, 2.45) is 0 Å². The zero-order valence-electron chi connectivity index (χ0n) is 9.05. The van der Waals surface area contributed by atoms with Crippen LogP contribution in [0.5, 0.6) is 0 Å². The topological polar surface area (TPSA) is 30.5 Å². The van der Waals surface area contributed by atoms with Crippen LogP contribution in [0, 0.1) is 0 Å². The van der Waals surface area contributed by atoms with Crippen molar-refractivity contribution in [1.82, 2.24) is 5.32 Å². The fourth-order valence-corrected chi connectivity index (χ4v) is 2.37. The fraction of sp³-hybridized carbons (Fsp3) is 1.00. The Kier molecular flexibility index (Phi) is 3.42. The first-order chi connectivity index (χ1) is 6.85. The molecular formula is C11H21NO2. The molecule has 3 heteroatoms. The van der Waals surface area contributed by atoms with E-state index in [2.05, 4.69) is 5.32 Å². The smallest absolute Gasteiger partial charge is 0.0707 e. The van der Waals surface area contributed by atoms with Crippen molar-refractivity contribution < 1.29 is 9.47 Å². The number of likely N-dealkylation sites (N-methyl/N-ethyl adjacent to an activating group) is 1. The molecule has 14 heavy (non-hydrogen) atoms. The number of hydrogen-bond acceptors (Lipinski definition) is 3. The van der Waals surface area contributed by atoms with Gasteiger partial charge in [-0.2, -0.15) is 0 Å². The summed E-state index contributed by atoms with van der Waals surface area (Å²) in [7, 11) is 1.96. The molecular weight excluding hydrogens is 178 g/mol. The molecule has 1 unspecified atom stereocenters. The molecule has 1 N–H and O–H groups in total. The summed E-state index contributed by atoms with van der Waals surface area (Å²) in [6.45, 7) is 2.67. The van der Waals surface area contributed by atoms with Crippen molar-refractivity contribution in [3.05, 3.63) is 0 Å². The second kappa shape index (κ2) is 4.60. The number of ether oxygens (including phenoxy) is 2. The summed E-state index contributed by atoms with van der Waals surface area (Å²) < 4.78 is 11.7. The Morgan fingerprint density at radius 3 is 3.00 bits per heavy atom. The molecule has 82 valence electrons. The molecule has 3 nitrogen and oxygen atoms in total. The minimum absolute atomic E-state index is 0.225. The lowest BCUT2D eigenvalue weighted by Crippen LogP contribution is -2.48. The van der Waals surface area contributed by atoms with Crippen LogP contribution < -0.4 is 5.32 Å². The van der Waals surface area contributed by atoms with Crippen molar-refractivity contribution in [2.45, 2.75) is 43.8 Å². The molecule has 2 fully saturated rings. The molecule has 1 heterocycles. The van der Waals surface area contributed by atoms with Gasteiger partial charge in [0.2, 0.25) is 0 Å². The van der Waals surface area contributed by atoms with Gasteiger partial charge in [-0.1, -0.05) is 0 Å². The second-order valence-electron chi connectivity index (χ2n) is 4.47. The van der Waals surface area contributed by atoms with Crippen LogP contribution in [0.25, 0.3) is 0 Å². The van der Waals surface area contributed by atoms with E-state index >= 15 is 0 Å². The Morgan fingerprint density at radius 2 is 2.36 bits per heavy atom. The average Bonchev–Trinajstić information content (AvgIpc) is 2.17. The maximum absolute atomic E-state index is 5.84. The van der Waals surface area contributed by atoms with Crippen LogP contribution in [0.1, 0.15) is 32.1 Å². The van der Waals surface area contributed by atoms with Gasteiger partial charge in [-0.15, -0.1) is 0 Å². The summed E-state index contributed by atoms with van der Waals surface area (Å²) >= 11 is 0. The molecule has 1 atom stereocenters. The van der Waals surface area contributed by atoms with Gasteiger partial charge in [0.25, 0.3) is 0 Å². The van der Waals surface area contributed by atoms with Gasteiger partial charge in [0, 0.05) is 19.6 Å². The van der Waals surface area contributed by atoms with Crippen LogP contribution in [0.15, 0.2) is 0 Å². The van der Waals surface area contributed by atoms with E-state index in [1.807, 2.05) is 7.05 Å². The molecule has 2 rings (SSSR count). The van der Waals surface area contributed by atoms with Crippen LogP contribution >= 0.6 is 0 Å². The normalized spacial score (nSPS) is 30.2. The van der Waals surface area contributed by atoms with E-state index in [4.69, 9.17) is 9.47 Å². The lowest BCUT2D eigenvalue weighted by atomic mass is 9.74. The van der Waals surface area contributed by atoms with E-state index in [9.17, 15) is 0 Å². The Morgan fingerprint density at radius 1 is 1.50 bits per heavy atom. The van der Waals surface area contributed by atoms with E-state index < -0.39 is 0 Å². The minimum atomic E-state index is 0.225. The maximum Gasteiger partial charge on any atom is 0.0707 e. The Hall–Kier alpha value is -0.120. The van der Waals surface area contributed by atoms with E-state index in [1.165, 1.54) is 19.3 Å². The van der Waals surface area contributed by atoms with Crippen LogP contribution in [0.3, 0.4) is 0 Å². The summed E-state index contributed by atoms with van der Waals surface area (Å²) in [5.41, 5.74) is 0.225. The van der Waals surface area contributed by atoms with E-state index in [1.54, 1.807) is 0 Å². The molecule has 0 aromatic carbocycles. The molecule has 0 amide bonds. The van der Waals surface area contributed by atoms with Crippen LogP contribution in [0.4, 0.5) is 0 Å². The maximum atomic E-state index is 5.84. The zero-order chi connectivity index (χ0) is 9.86. The lowest BCUT2D eigenvalue weighted by molar-refractivity contribution is -0.168. The number of rotatable bonds is 4. The summed E-state index contributed by atoms with van der Waals surface area (Å²) in [4.78, 5) is 0. The molecule has 1 spiro atoms. The molecule has 1 saturated heterocycles. The van der Waals surface area contributed by atoms with E-state index in [0.717, 1.165) is 32.6 Å². The van der Waals surface area contributed by atoms with Crippen molar-refractivity contribution in [1.29, 1.82) is 0 Å². The fourth-order valence-electron chi connectivity index (χ4n) is 2.37. The third-order valence-electron chi connectivity index (χ3n) is 3.42. The van der Waals surface area contributed by atoms with Crippen molar-refractivity contribution >= 4 is 0 Å². The Labute approximate surface area is 86.2 Å². The monoisotopic (exact) mass is 199 g/mol. The standard InChI is InChI=1S/C11H21NO2/c1-12-6-8-13-10-3-7-14-11(9-10)4-2-5-11/h10,12H,2-9H2,1H3. The summed E-state index contributed by atoms with van der Waals surface area (Å²) in [5.74, 6) is 0. The average molecular weight is 199 g/mol. The Bertz CT molecular complexity index is 180. The molecule has 2 aliphatic rings. The highest BCUT2D eigenvalue weighted by molar-refractivity contribution is 4.94. The predicted octanol–water partition coefficient (Wildman–Crippen LogP) is 1.32. The molecule has 0 bridgehead atoms. The predicted molar refractivity (Wildman–Crippen MR) is 55.4 cm³/mol. The van der Waals surface area contributed by atoms with Crippen molar-refractivity contribution in [2.75, 3.05) is 26.8 Å². The van der Waals surface area contributed by atoms with E-state index in [-0.39, 0.29) is 5.60 Å². The summed E-state index contributed by atoms with van der Waals surface area (Å²) in [6.07, 6.45) is 6.47. The van der Waals surface area contributed by atoms with E-state index in [0.29, 0.717) is 6.10 Å². The van der Waals surface area contributed by atoms with Crippen LogP contribution in [-0.2, 0) is 9.47 Å². The van der Waals surface area contributed by atoms with Gasteiger partial charge in [0.1, 0.15) is 0 Å². The quantitative estimate of drug-likeness (QED) is 0.693. The zero-order valence-corrected chi connectivity index (χ0v) is 9.05. The Balaban J connectivity index is 1.71. The SMILES string of the molecule is CNCCOC1CCOC2(CCC2)C1. The van der Waals surface area contributed by atoms with Crippen LogP contribution in [-0.4, -0.2) is 38.5 Å². The lowest BCUT2D eigenvalue weighted by Gasteiger charge is -2.47. The number of nitrogens with one attached hydrogen (secondary N) is 1. The third-order valence-corrected chi connectivity index (χ3v) is 3.42. The highest BCUT2D eigenvalue weighted by atomic mass is 16.5. The largest absolute Gasteiger partial charge is 0.377 e. The van der Waals surface area contributed by atoms with Gasteiger partial charge in [-0.05, 0) is 32.7 Å². The molecule has 0 radical (unpaired) electrons. The molecule has 0 aromatic heterocycles. The van der Waals surface area contributed by atoms with Gasteiger partial charge in [0.15, 0.2) is 0 Å². The van der Waals surface area contributed by atoms with Crippen molar-refractivity contribution in [3.8, 4) is 0 Å². The summed E-state index contributed by atoms with van der Waals surface area (Å²) in [5, 5.41) is 3.10. The molecule has 1 saturated carbocycles. The highest BCUT2D eigenvalue weighted by Crippen LogP contribution is 2.42. The first-order valence-corrected chi connectivity index (χ1v) is 5.75. The van der Waals surface area contributed by atoms with Gasteiger partial charge in [-0.25, -0.2) is 0 Å². The van der Waals surface area contributed by atoms with Crippen molar-refractivity contribution in [3.63, 3.8) is 0 Å². The first kappa shape index (κ1) is 10.4. The highest BCUT2D eigenvalue weighted by Gasteiger charge is 2.42. The third kappa shape index (κ3) is 2.27. The van der Waals surface area contributed by atoms with Gasteiger partial charge >= 0.3 is 0 Å². The minimum Gasteiger partial charge on any atom is -0.377 e. The molecule has 0 aromatic rings. The number of hydrogen-bond donors (Lipinski definition) is 1.